The third kappa shape index (κ3) is 3.56. The summed E-state index contributed by atoms with van der Waals surface area (Å²) in [6.07, 6.45) is 1.70. The van der Waals surface area contributed by atoms with Crippen LogP contribution < -0.4 is 5.73 Å². The Balaban J connectivity index is 2.28. The van der Waals surface area contributed by atoms with E-state index in [1.165, 1.54) is 16.4 Å². The Bertz CT molecular complexity index is 662. The van der Waals surface area contributed by atoms with Crippen LogP contribution in [0.1, 0.15) is 32.3 Å². The minimum atomic E-state index is -3.51. The maximum absolute atomic E-state index is 12.6. The van der Waals surface area contributed by atoms with Crippen molar-refractivity contribution in [3.63, 3.8) is 0 Å². The highest BCUT2D eigenvalue weighted by Crippen LogP contribution is 2.33. The Morgan fingerprint density at radius 3 is 2.38 bits per heavy atom. The third-order valence-corrected chi connectivity index (χ3v) is 6.35. The van der Waals surface area contributed by atoms with Gasteiger partial charge in [0.1, 0.15) is 4.99 Å². The maximum atomic E-state index is 12.6. The predicted octanol–water partition coefficient (Wildman–Crippen LogP) is 2.78. The van der Waals surface area contributed by atoms with Crippen LogP contribution in [0.4, 0.5) is 0 Å². The zero-order valence-electron chi connectivity index (χ0n) is 12.1. The van der Waals surface area contributed by atoms with E-state index in [1.807, 2.05) is 0 Å². The summed E-state index contributed by atoms with van der Waals surface area (Å²) >= 11 is 10.9. The quantitative estimate of drug-likeness (QED) is 0.855. The molecule has 0 amide bonds. The van der Waals surface area contributed by atoms with Crippen molar-refractivity contribution in [1.29, 1.82) is 0 Å². The first-order valence-corrected chi connectivity index (χ1v) is 8.96. The van der Waals surface area contributed by atoms with Crippen molar-refractivity contribution in [2.75, 3.05) is 13.1 Å². The molecule has 0 unspecified atom stereocenters. The van der Waals surface area contributed by atoms with Gasteiger partial charge in [0.25, 0.3) is 0 Å². The Kier molecular flexibility index (Phi) is 4.63. The first-order chi connectivity index (χ1) is 9.63. The van der Waals surface area contributed by atoms with Gasteiger partial charge in [0, 0.05) is 18.7 Å². The van der Waals surface area contributed by atoms with Crippen LogP contribution in [-0.2, 0) is 10.0 Å². The van der Waals surface area contributed by atoms with Gasteiger partial charge in [0.05, 0.1) is 9.92 Å². The number of sulfonamides is 1. The molecule has 1 heterocycles. The SMILES string of the molecule is CC1(C)CCN(S(=O)(=O)c2ccc(C(N)=S)c(Cl)c2)CC1. The normalized spacial score (nSPS) is 19.4. The highest BCUT2D eigenvalue weighted by atomic mass is 35.5. The fraction of sp³-hybridized carbons (Fsp3) is 0.500. The average molecular weight is 347 g/mol. The summed E-state index contributed by atoms with van der Waals surface area (Å²) in [4.78, 5) is 0.343. The number of nitrogens with two attached hydrogens (primary N) is 1. The van der Waals surface area contributed by atoms with Gasteiger partial charge in [-0.25, -0.2) is 8.42 Å². The van der Waals surface area contributed by atoms with E-state index in [4.69, 9.17) is 29.6 Å². The minimum absolute atomic E-state index is 0.156. The van der Waals surface area contributed by atoms with Crippen molar-refractivity contribution in [2.24, 2.45) is 11.1 Å². The van der Waals surface area contributed by atoms with E-state index in [1.54, 1.807) is 6.07 Å². The molecule has 7 heteroatoms. The zero-order chi connectivity index (χ0) is 15.8. The lowest BCUT2D eigenvalue weighted by molar-refractivity contribution is 0.196. The smallest absolute Gasteiger partial charge is 0.243 e. The number of rotatable bonds is 3. The van der Waals surface area contributed by atoms with Crippen LogP contribution in [0.25, 0.3) is 0 Å². The Morgan fingerprint density at radius 1 is 1.33 bits per heavy atom. The van der Waals surface area contributed by atoms with Crippen LogP contribution in [0.3, 0.4) is 0 Å². The fourth-order valence-corrected chi connectivity index (χ4v) is 4.39. The molecule has 2 rings (SSSR count). The number of benzene rings is 1. The van der Waals surface area contributed by atoms with Gasteiger partial charge in [-0.2, -0.15) is 4.31 Å². The highest BCUT2D eigenvalue weighted by molar-refractivity contribution is 7.89. The van der Waals surface area contributed by atoms with Crippen molar-refractivity contribution < 1.29 is 8.42 Å². The first kappa shape index (κ1) is 16.7. The molecule has 1 aliphatic rings. The second kappa shape index (κ2) is 5.83. The highest BCUT2D eigenvalue weighted by Gasteiger charge is 2.32. The van der Waals surface area contributed by atoms with E-state index >= 15 is 0 Å². The zero-order valence-corrected chi connectivity index (χ0v) is 14.5. The van der Waals surface area contributed by atoms with Gasteiger partial charge in [-0.1, -0.05) is 37.7 Å². The van der Waals surface area contributed by atoms with E-state index in [2.05, 4.69) is 13.8 Å². The Hall–Kier alpha value is -0.690. The lowest BCUT2D eigenvalue weighted by Gasteiger charge is -2.36. The number of halogens is 1. The molecule has 0 radical (unpaired) electrons. The lowest BCUT2D eigenvalue weighted by Crippen LogP contribution is -2.41. The molecule has 0 saturated carbocycles. The Morgan fingerprint density at radius 2 is 1.90 bits per heavy atom. The molecule has 1 saturated heterocycles. The van der Waals surface area contributed by atoms with Crippen LogP contribution in [0.2, 0.25) is 5.02 Å². The van der Waals surface area contributed by atoms with Crippen LogP contribution in [0.15, 0.2) is 23.1 Å². The summed E-state index contributed by atoms with van der Waals surface area (Å²) in [5.74, 6) is 0. The standard InChI is InChI=1S/C14H19ClN2O2S2/c1-14(2)5-7-17(8-6-14)21(18,19)10-3-4-11(13(16)20)12(15)9-10/h3-4,9H,5-8H2,1-2H3,(H2,16,20). The molecule has 0 spiro atoms. The summed E-state index contributed by atoms with van der Waals surface area (Å²) in [6.45, 7) is 5.38. The minimum Gasteiger partial charge on any atom is -0.389 e. The number of piperidine rings is 1. The second-order valence-electron chi connectivity index (χ2n) is 6.07. The third-order valence-electron chi connectivity index (χ3n) is 3.92. The van der Waals surface area contributed by atoms with Gasteiger partial charge in [-0.05, 0) is 36.5 Å². The van der Waals surface area contributed by atoms with Crippen LogP contribution >= 0.6 is 23.8 Å². The summed E-state index contributed by atoms with van der Waals surface area (Å²) in [6, 6.07) is 4.49. The van der Waals surface area contributed by atoms with Gasteiger partial charge in [-0.15, -0.1) is 0 Å². The second-order valence-corrected chi connectivity index (χ2v) is 8.86. The molecule has 0 bridgehead atoms. The fourth-order valence-electron chi connectivity index (χ4n) is 2.34. The first-order valence-electron chi connectivity index (χ1n) is 6.73. The van der Waals surface area contributed by atoms with Gasteiger partial charge in [0.2, 0.25) is 10.0 Å². The molecule has 116 valence electrons. The number of thiocarbonyl (C=S) groups is 1. The van der Waals surface area contributed by atoms with E-state index in [0.717, 1.165) is 12.8 Å². The molecule has 1 aromatic rings. The summed E-state index contributed by atoms with van der Waals surface area (Å²) in [7, 11) is -3.51. The summed E-state index contributed by atoms with van der Waals surface area (Å²) in [5.41, 5.74) is 6.22. The van der Waals surface area contributed by atoms with Crippen molar-refractivity contribution in [2.45, 2.75) is 31.6 Å². The van der Waals surface area contributed by atoms with Crippen molar-refractivity contribution in [1.82, 2.24) is 4.31 Å². The van der Waals surface area contributed by atoms with Crippen LogP contribution in [0, 0.1) is 5.41 Å². The molecule has 0 aromatic heterocycles. The van der Waals surface area contributed by atoms with Gasteiger partial charge >= 0.3 is 0 Å². The monoisotopic (exact) mass is 346 g/mol. The molecule has 21 heavy (non-hydrogen) atoms. The maximum Gasteiger partial charge on any atom is 0.243 e. The molecule has 4 nitrogen and oxygen atoms in total. The van der Waals surface area contributed by atoms with E-state index in [-0.39, 0.29) is 20.3 Å². The average Bonchev–Trinajstić information content (AvgIpc) is 2.37. The van der Waals surface area contributed by atoms with Crippen molar-refractivity contribution in [3.05, 3.63) is 28.8 Å². The van der Waals surface area contributed by atoms with E-state index in [0.29, 0.717) is 18.7 Å². The van der Waals surface area contributed by atoms with Crippen LogP contribution in [0.5, 0.6) is 0 Å². The van der Waals surface area contributed by atoms with E-state index in [9.17, 15) is 8.42 Å². The largest absolute Gasteiger partial charge is 0.389 e. The molecule has 2 N–H and O–H groups in total. The molecular formula is C14H19ClN2O2S2. The van der Waals surface area contributed by atoms with Crippen molar-refractivity contribution in [3.8, 4) is 0 Å². The topological polar surface area (TPSA) is 63.4 Å². The molecule has 0 atom stereocenters. The summed E-state index contributed by atoms with van der Waals surface area (Å²) in [5, 5.41) is 0.265. The molecule has 1 aromatic carbocycles. The van der Waals surface area contributed by atoms with E-state index < -0.39 is 10.0 Å². The number of hydrogen-bond donors (Lipinski definition) is 1. The molecular weight excluding hydrogens is 328 g/mol. The molecule has 1 fully saturated rings. The van der Waals surface area contributed by atoms with Gasteiger partial charge in [0.15, 0.2) is 0 Å². The molecule has 1 aliphatic heterocycles. The van der Waals surface area contributed by atoms with Gasteiger partial charge < -0.3 is 5.73 Å². The van der Waals surface area contributed by atoms with Crippen molar-refractivity contribution >= 4 is 38.8 Å². The predicted molar refractivity (Wildman–Crippen MR) is 89.1 cm³/mol. The summed E-state index contributed by atoms with van der Waals surface area (Å²) < 4.78 is 26.8. The Labute approximate surface area is 136 Å². The number of nitrogens with zero attached hydrogens (tertiary/aromatic N) is 1. The van der Waals surface area contributed by atoms with Gasteiger partial charge in [-0.3, -0.25) is 0 Å². The number of hydrogen-bond acceptors (Lipinski definition) is 3. The molecule has 0 aliphatic carbocycles. The van der Waals surface area contributed by atoms with Crippen LogP contribution in [-0.4, -0.2) is 30.8 Å². The lowest BCUT2D eigenvalue weighted by atomic mass is 9.83.